The van der Waals surface area contributed by atoms with Crippen molar-refractivity contribution in [1.82, 2.24) is 5.32 Å². The maximum atomic E-state index is 12.6. The molecule has 0 saturated heterocycles. The predicted molar refractivity (Wildman–Crippen MR) is 99.5 cm³/mol. The van der Waals surface area contributed by atoms with Gasteiger partial charge in [-0.2, -0.15) is 0 Å². The highest BCUT2D eigenvalue weighted by Crippen LogP contribution is 2.38. The highest BCUT2D eigenvalue weighted by Gasteiger charge is 2.26. The summed E-state index contributed by atoms with van der Waals surface area (Å²) >= 11 is 3.40. The zero-order valence-corrected chi connectivity index (χ0v) is 15.2. The number of rotatable bonds is 5. The molecule has 1 N–H and O–H groups in total. The molecule has 0 saturated carbocycles. The smallest absolute Gasteiger partial charge is 0.227 e. The quantitative estimate of drug-likeness (QED) is 0.885. The van der Waals surface area contributed by atoms with Crippen molar-refractivity contribution in [1.29, 1.82) is 0 Å². The average Bonchev–Trinajstić information content (AvgIpc) is 3.10. The van der Waals surface area contributed by atoms with E-state index < -0.39 is 0 Å². The number of hydrogen-bond donors (Lipinski definition) is 1. The van der Waals surface area contributed by atoms with E-state index in [9.17, 15) is 9.59 Å². The van der Waals surface area contributed by atoms with E-state index in [1.807, 2.05) is 46.7 Å². The maximum absolute atomic E-state index is 12.6. The highest BCUT2D eigenvalue weighted by molar-refractivity contribution is 8.00. The molecule has 0 spiro atoms. The number of thioether (sulfide) groups is 1. The minimum atomic E-state index is -0.0792. The molecule has 1 atom stereocenters. The number of carbonyl (C=O) groups excluding carboxylic acids is 2. The van der Waals surface area contributed by atoms with Gasteiger partial charge in [-0.1, -0.05) is 25.1 Å². The Morgan fingerprint density at radius 1 is 1.21 bits per heavy atom. The highest BCUT2D eigenvalue weighted by atomic mass is 32.2. The first kappa shape index (κ1) is 17.0. The number of anilines is 1. The molecule has 0 radical (unpaired) electrons. The molecular weight excluding hydrogens is 340 g/mol. The average molecular weight is 361 g/mol. The topological polar surface area (TPSA) is 49.4 Å². The first-order chi connectivity index (χ1) is 11.6. The van der Waals surface area contributed by atoms with Gasteiger partial charge in [-0.3, -0.25) is 9.59 Å². The molecule has 2 aromatic rings. The minimum Gasteiger partial charge on any atom is -0.351 e. The molecule has 2 heterocycles. The zero-order valence-electron chi connectivity index (χ0n) is 13.5. The SMILES string of the molecule is C[C@@H]1CN(C(=O)CCC(=O)NCc2cccs2)c2ccccc2S1. The summed E-state index contributed by atoms with van der Waals surface area (Å²) in [4.78, 5) is 28.6. The van der Waals surface area contributed by atoms with E-state index >= 15 is 0 Å². The molecular formula is C18H20N2O2S2. The monoisotopic (exact) mass is 360 g/mol. The van der Waals surface area contributed by atoms with Gasteiger partial charge in [0.25, 0.3) is 0 Å². The van der Waals surface area contributed by atoms with Crippen LogP contribution in [0, 0.1) is 0 Å². The number of nitrogens with one attached hydrogen (secondary N) is 1. The number of amides is 2. The summed E-state index contributed by atoms with van der Waals surface area (Å²) < 4.78 is 0. The number of nitrogens with zero attached hydrogens (tertiary/aromatic N) is 1. The summed E-state index contributed by atoms with van der Waals surface area (Å²) in [5.74, 6) is -0.0645. The first-order valence-corrected chi connectivity index (χ1v) is 9.74. The number of para-hydroxylation sites is 1. The van der Waals surface area contributed by atoms with Crippen LogP contribution in [0.3, 0.4) is 0 Å². The van der Waals surface area contributed by atoms with E-state index in [0.717, 1.165) is 15.5 Å². The second kappa shape index (κ2) is 7.85. The van der Waals surface area contributed by atoms with Gasteiger partial charge in [0, 0.05) is 34.4 Å². The number of thiophene rings is 1. The summed E-state index contributed by atoms with van der Waals surface area (Å²) in [7, 11) is 0. The lowest BCUT2D eigenvalue weighted by Gasteiger charge is -2.32. The van der Waals surface area contributed by atoms with E-state index in [2.05, 4.69) is 12.2 Å². The van der Waals surface area contributed by atoms with Crippen LogP contribution >= 0.6 is 23.1 Å². The van der Waals surface area contributed by atoms with Crippen LogP contribution in [0.25, 0.3) is 0 Å². The molecule has 4 nitrogen and oxygen atoms in total. The van der Waals surface area contributed by atoms with Crippen molar-refractivity contribution in [2.75, 3.05) is 11.4 Å². The van der Waals surface area contributed by atoms with Gasteiger partial charge >= 0.3 is 0 Å². The van der Waals surface area contributed by atoms with Gasteiger partial charge in [0.2, 0.25) is 11.8 Å². The third-order valence-corrected chi connectivity index (χ3v) is 5.86. The molecule has 0 unspecified atom stereocenters. The van der Waals surface area contributed by atoms with Gasteiger partial charge in [0.1, 0.15) is 0 Å². The van der Waals surface area contributed by atoms with E-state index in [0.29, 0.717) is 18.3 Å². The van der Waals surface area contributed by atoms with Gasteiger partial charge in [-0.05, 0) is 23.6 Å². The lowest BCUT2D eigenvalue weighted by atomic mass is 10.2. The van der Waals surface area contributed by atoms with Crippen molar-refractivity contribution in [2.24, 2.45) is 0 Å². The van der Waals surface area contributed by atoms with Gasteiger partial charge in [-0.15, -0.1) is 23.1 Å². The van der Waals surface area contributed by atoms with Crippen LogP contribution in [0.2, 0.25) is 0 Å². The number of benzene rings is 1. The van der Waals surface area contributed by atoms with Crippen molar-refractivity contribution >= 4 is 40.6 Å². The Kier molecular flexibility index (Phi) is 5.58. The van der Waals surface area contributed by atoms with Crippen molar-refractivity contribution in [2.45, 2.75) is 36.5 Å². The van der Waals surface area contributed by atoms with E-state index in [1.54, 1.807) is 23.1 Å². The van der Waals surface area contributed by atoms with Gasteiger partial charge < -0.3 is 10.2 Å². The summed E-state index contributed by atoms with van der Waals surface area (Å²) in [5.41, 5.74) is 0.963. The molecule has 126 valence electrons. The molecule has 0 fully saturated rings. The van der Waals surface area contributed by atoms with Gasteiger partial charge in [-0.25, -0.2) is 0 Å². The Balaban J connectivity index is 1.54. The largest absolute Gasteiger partial charge is 0.351 e. The van der Waals surface area contributed by atoms with Crippen LogP contribution in [0.1, 0.15) is 24.6 Å². The van der Waals surface area contributed by atoms with Gasteiger partial charge in [0.15, 0.2) is 0 Å². The molecule has 1 aliphatic rings. The van der Waals surface area contributed by atoms with Crippen LogP contribution in [0.4, 0.5) is 5.69 Å². The molecule has 1 aliphatic heterocycles. The lowest BCUT2D eigenvalue weighted by molar-refractivity contribution is -0.125. The fraction of sp³-hybridized carbons (Fsp3) is 0.333. The number of hydrogen-bond acceptors (Lipinski definition) is 4. The third-order valence-electron chi connectivity index (χ3n) is 3.83. The maximum Gasteiger partial charge on any atom is 0.227 e. The Bertz CT molecular complexity index is 716. The molecule has 6 heteroatoms. The standard InChI is InChI=1S/C18H20N2O2S2/c1-13-12-20(15-6-2-3-7-16(15)24-13)18(22)9-8-17(21)19-11-14-5-4-10-23-14/h2-7,10,13H,8-9,11-12H2,1H3,(H,19,21)/t13-/m1/s1. The molecule has 0 bridgehead atoms. The summed E-state index contributed by atoms with van der Waals surface area (Å²) in [6.07, 6.45) is 0.465. The Labute approximate surface area is 150 Å². The van der Waals surface area contributed by atoms with Crippen molar-refractivity contribution in [3.63, 3.8) is 0 Å². The minimum absolute atomic E-state index is 0.0147. The molecule has 1 aromatic heterocycles. The lowest BCUT2D eigenvalue weighted by Crippen LogP contribution is -2.39. The molecule has 3 rings (SSSR count). The van der Waals surface area contributed by atoms with E-state index in [4.69, 9.17) is 0 Å². The molecule has 2 amide bonds. The summed E-state index contributed by atoms with van der Waals surface area (Å²) in [6.45, 7) is 3.34. The summed E-state index contributed by atoms with van der Waals surface area (Å²) in [5, 5.41) is 5.21. The summed E-state index contributed by atoms with van der Waals surface area (Å²) in [6, 6.07) is 11.9. The van der Waals surface area contributed by atoms with Crippen LogP contribution in [0.5, 0.6) is 0 Å². The fourth-order valence-electron chi connectivity index (χ4n) is 2.67. The zero-order chi connectivity index (χ0) is 16.9. The molecule has 1 aromatic carbocycles. The van der Waals surface area contributed by atoms with Crippen LogP contribution < -0.4 is 10.2 Å². The number of carbonyl (C=O) groups is 2. The Morgan fingerprint density at radius 3 is 2.83 bits per heavy atom. The second-order valence-electron chi connectivity index (χ2n) is 5.76. The fourth-order valence-corrected chi connectivity index (χ4v) is 4.43. The predicted octanol–water partition coefficient (Wildman–Crippen LogP) is 3.67. The molecule has 24 heavy (non-hydrogen) atoms. The van der Waals surface area contributed by atoms with Crippen molar-refractivity contribution < 1.29 is 9.59 Å². The van der Waals surface area contributed by atoms with Crippen LogP contribution in [0.15, 0.2) is 46.7 Å². The van der Waals surface area contributed by atoms with Crippen LogP contribution in [-0.4, -0.2) is 23.6 Å². The van der Waals surface area contributed by atoms with Crippen molar-refractivity contribution in [3.05, 3.63) is 46.7 Å². The normalized spacial score (nSPS) is 16.5. The first-order valence-electron chi connectivity index (χ1n) is 7.98. The van der Waals surface area contributed by atoms with Crippen molar-refractivity contribution in [3.8, 4) is 0 Å². The van der Waals surface area contributed by atoms with E-state index in [1.165, 1.54) is 0 Å². The Hall–Kier alpha value is -1.79. The van der Waals surface area contributed by atoms with E-state index in [-0.39, 0.29) is 24.7 Å². The number of fused-ring (bicyclic) bond motifs is 1. The third kappa shape index (κ3) is 4.19. The van der Waals surface area contributed by atoms with Crippen LogP contribution in [-0.2, 0) is 16.1 Å². The van der Waals surface area contributed by atoms with Gasteiger partial charge in [0.05, 0.1) is 12.2 Å². The second-order valence-corrected chi connectivity index (χ2v) is 8.27. The molecule has 0 aliphatic carbocycles. The Morgan fingerprint density at radius 2 is 2.04 bits per heavy atom.